The fourth-order valence-corrected chi connectivity index (χ4v) is 4.08. The number of carbonyl (C=O) groups is 1. The highest BCUT2D eigenvalue weighted by Gasteiger charge is 2.29. The molecule has 0 bridgehead atoms. The van der Waals surface area contributed by atoms with Gasteiger partial charge in [-0.2, -0.15) is 0 Å². The molecule has 2 N–H and O–H groups in total. The summed E-state index contributed by atoms with van der Waals surface area (Å²) >= 11 is 0. The first kappa shape index (κ1) is 15.9. The maximum Gasteiger partial charge on any atom is 0.224 e. The minimum Gasteiger partial charge on any atom is -0.361 e. The SMILES string of the molecule is CCc1cccc2c(CC(=O)N[C@@H]3CCC[C@@H]3n3ccnc3)c[nH]c12. The zero-order valence-electron chi connectivity index (χ0n) is 14.5. The van der Waals surface area contributed by atoms with Gasteiger partial charge in [0.1, 0.15) is 0 Å². The predicted molar refractivity (Wildman–Crippen MR) is 98.4 cm³/mol. The monoisotopic (exact) mass is 336 g/mol. The van der Waals surface area contributed by atoms with E-state index in [4.69, 9.17) is 0 Å². The Labute approximate surface area is 147 Å². The number of aromatic amines is 1. The molecule has 1 saturated carbocycles. The lowest BCUT2D eigenvalue weighted by Gasteiger charge is -2.22. The van der Waals surface area contributed by atoms with Gasteiger partial charge in [-0.3, -0.25) is 4.79 Å². The number of aryl methyl sites for hydroxylation is 1. The van der Waals surface area contributed by atoms with Crippen molar-refractivity contribution < 1.29 is 4.79 Å². The highest BCUT2D eigenvalue weighted by atomic mass is 16.1. The number of para-hydroxylation sites is 1. The summed E-state index contributed by atoms with van der Waals surface area (Å²) in [5, 5.41) is 4.41. The van der Waals surface area contributed by atoms with Crippen molar-refractivity contribution >= 4 is 16.8 Å². The van der Waals surface area contributed by atoms with Crippen molar-refractivity contribution in [1.29, 1.82) is 0 Å². The Kier molecular flexibility index (Phi) is 4.30. The molecule has 1 fully saturated rings. The molecule has 0 radical (unpaired) electrons. The fourth-order valence-electron chi connectivity index (χ4n) is 4.08. The van der Waals surface area contributed by atoms with E-state index in [1.165, 1.54) is 5.56 Å². The highest BCUT2D eigenvalue weighted by molar-refractivity contribution is 5.90. The summed E-state index contributed by atoms with van der Waals surface area (Å²) in [4.78, 5) is 20.1. The zero-order chi connectivity index (χ0) is 17.2. The molecule has 1 aliphatic rings. The Hall–Kier alpha value is -2.56. The van der Waals surface area contributed by atoms with Crippen LogP contribution >= 0.6 is 0 Å². The molecular formula is C20H24N4O. The average molecular weight is 336 g/mol. The summed E-state index contributed by atoms with van der Waals surface area (Å²) in [6.45, 7) is 2.15. The Balaban J connectivity index is 1.47. The van der Waals surface area contributed by atoms with E-state index in [-0.39, 0.29) is 11.9 Å². The number of aromatic nitrogens is 3. The van der Waals surface area contributed by atoms with Crippen LogP contribution in [-0.2, 0) is 17.6 Å². The van der Waals surface area contributed by atoms with Crippen LogP contribution in [0.4, 0.5) is 0 Å². The van der Waals surface area contributed by atoms with Gasteiger partial charge in [0.2, 0.25) is 5.91 Å². The van der Waals surface area contributed by atoms with E-state index in [1.54, 1.807) is 6.20 Å². The van der Waals surface area contributed by atoms with Crippen molar-refractivity contribution in [3.8, 4) is 0 Å². The van der Waals surface area contributed by atoms with Crippen LogP contribution in [0.3, 0.4) is 0 Å². The lowest BCUT2D eigenvalue weighted by molar-refractivity contribution is -0.121. The van der Waals surface area contributed by atoms with E-state index in [0.29, 0.717) is 12.5 Å². The molecule has 0 aliphatic heterocycles. The number of hydrogen-bond donors (Lipinski definition) is 2. The number of rotatable bonds is 5. The predicted octanol–water partition coefficient (Wildman–Crippen LogP) is 3.38. The minimum absolute atomic E-state index is 0.0971. The first-order chi connectivity index (χ1) is 12.3. The first-order valence-corrected chi connectivity index (χ1v) is 9.11. The number of amides is 1. The van der Waals surface area contributed by atoms with Crippen LogP contribution in [0, 0.1) is 0 Å². The molecule has 0 spiro atoms. The fraction of sp³-hybridized carbons (Fsp3) is 0.400. The van der Waals surface area contributed by atoms with Crippen LogP contribution in [0.15, 0.2) is 43.1 Å². The Morgan fingerprint density at radius 1 is 1.36 bits per heavy atom. The third-order valence-electron chi connectivity index (χ3n) is 5.35. The molecule has 4 rings (SSSR count). The van der Waals surface area contributed by atoms with Crippen molar-refractivity contribution in [1.82, 2.24) is 19.9 Å². The number of carbonyl (C=O) groups excluding carboxylic acids is 1. The summed E-state index contributed by atoms with van der Waals surface area (Å²) in [5.74, 6) is 0.0971. The van der Waals surface area contributed by atoms with Gasteiger partial charge >= 0.3 is 0 Å². The number of benzene rings is 1. The molecule has 1 aromatic carbocycles. The Bertz CT molecular complexity index is 865. The van der Waals surface area contributed by atoms with Gasteiger partial charge < -0.3 is 14.9 Å². The number of nitrogens with one attached hydrogen (secondary N) is 2. The maximum absolute atomic E-state index is 12.6. The molecule has 2 aromatic heterocycles. The molecular weight excluding hydrogens is 312 g/mol. The second-order valence-corrected chi connectivity index (χ2v) is 6.87. The van der Waals surface area contributed by atoms with Crippen LogP contribution in [0.25, 0.3) is 10.9 Å². The van der Waals surface area contributed by atoms with Gasteiger partial charge in [-0.15, -0.1) is 0 Å². The molecule has 0 unspecified atom stereocenters. The summed E-state index contributed by atoms with van der Waals surface area (Å²) in [7, 11) is 0. The van der Waals surface area contributed by atoms with Crippen molar-refractivity contribution in [3.63, 3.8) is 0 Å². The lowest BCUT2D eigenvalue weighted by atomic mass is 10.0. The number of H-pyrrole nitrogens is 1. The molecule has 1 amide bonds. The van der Waals surface area contributed by atoms with Gasteiger partial charge in [-0.1, -0.05) is 25.1 Å². The van der Waals surface area contributed by atoms with E-state index in [1.807, 2.05) is 18.7 Å². The Morgan fingerprint density at radius 2 is 2.28 bits per heavy atom. The van der Waals surface area contributed by atoms with Gasteiger partial charge in [0.25, 0.3) is 0 Å². The van der Waals surface area contributed by atoms with E-state index >= 15 is 0 Å². The largest absolute Gasteiger partial charge is 0.361 e. The second-order valence-electron chi connectivity index (χ2n) is 6.87. The molecule has 2 atom stereocenters. The third kappa shape index (κ3) is 3.06. The summed E-state index contributed by atoms with van der Waals surface area (Å²) < 4.78 is 2.12. The smallest absolute Gasteiger partial charge is 0.224 e. The number of imidazole rings is 1. The standard InChI is InChI=1S/C20H24N4O/c1-2-14-5-3-6-16-15(12-22-20(14)16)11-19(25)23-17-7-4-8-18(17)24-10-9-21-13-24/h3,5-6,9-10,12-13,17-18,22H,2,4,7-8,11H2,1H3,(H,23,25)/t17-,18+/m1/s1. The van der Waals surface area contributed by atoms with Gasteiger partial charge in [-0.05, 0) is 36.8 Å². The Morgan fingerprint density at radius 3 is 3.08 bits per heavy atom. The number of hydrogen-bond acceptors (Lipinski definition) is 2. The molecule has 3 aromatic rings. The van der Waals surface area contributed by atoms with Gasteiger partial charge in [0, 0.05) is 35.5 Å². The van der Waals surface area contributed by atoms with Crippen LogP contribution < -0.4 is 5.32 Å². The average Bonchev–Trinajstić information content (AvgIpc) is 3.35. The molecule has 130 valence electrons. The summed E-state index contributed by atoms with van der Waals surface area (Å²) in [5.41, 5.74) is 3.52. The van der Waals surface area contributed by atoms with E-state index in [0.717, 1.165) is 42.1 Å². The van der Waals surface area contributed by atoms with Crippen molar-refractivity contribution in [2.75, 3.05) is 0 Å². The normalized spacial score (nSPS) is 20.2. The zero-order valence-corrected chi connectivity index (χ0v) is 14.5. The van der Waals surface area contributed by atoms with Crippen LogP contribution in [0.1, 0.15) is 43.4 Å². The minimum atomic E-state index is 0.0971. The first-order valence-electron chi connectivity index (χ1n) is 9.11. The molecule has 0 saturated heterocycles. The molecule has 2 heterocycles. The van der Waals surface area contributed by atoms with Gasteiger partial charge in [0.05, 0.1) is 18.8 Å². The van der Waals surface area contributed by atoms with Crippen molar-refractivity contribution in [2.45, 2.75) is 51.1 Å². The molecule has 5 nitrogen and oxygen atoms in total. The van der Waals surface area contributed by atoms with Crippen molar-refractivity contribution in [2.24, 2.45) is 0 Å². The third-order valence-corrected chi connectivity index (χ3v) is 5.35. The molecule has 5 heteroatoms. The van der Waals surface area contributed by atoms with Gasteiger partial charge in [0.15, 0.2) is 0 Å². The highest BCUT2D eigenvalue weighted by Crippen LogP contribution is 2.30. The number of nitrogens with zero attached hydrogens (tertiary/aromatic N) is 2. The number of fused-ring (bicyclic) bond motifs is 1. The van der Waals surface area contributed by atoms with E-state index in [9.17, 15) is 4.79 Å². The van der Waals surface area contributed by atoms with Crippen LogP contribution in [-0.4, -0.2) is 26.5 Å². The van der Waals surface area contributed by atoms with Crippen molar-refractivity contribution in [3.05, 3.63) is 54.2 Å². The molecule has 25 heavy (non-hydrogen) atoms. The topological polar surface area (TPSA) is 62.7 Å². The van der Waals surface area contributed by atoms with Crippen LogP contribution in [0.5, 0.6) is 0 Å². The van der Waals surface area contributed by atoms with Crippen LogP contribution in [0.2, 0.25) is 0 Å². The van der Waals surface area contributed by atoms with E-state index < -0.39 is 0 Å². The summed E-state index contributed by atoms with van der Waals surface area (Å²) in [6.07, 6.45) is 12.3. The second kappa shape index (κ2) is 6.75. The van der Waals surface area contributed by atoms with E-state index in [2.05, 4.69) is 45.0 Å². The maximum atomic E-state index is 12.6. The quantitative estimate of drug-likeness (QED) is 0.750. The van der Waals surface area contributed by atoms with Gasteiger partial charge in [-0.25, -0.2) is 4.98 Å². The lowest BCUT2D eigenvalue weighted by Crippen LogP contribution is -2.38. The summed E-state index contributed by atoms with van der Waals surface area (Å²) in [6, 6.07) is 6.82. The molecule has 1 aliphatic carbocycles.